The number of amides is 1. The molecule has 0 unspecified atom stereocenters. The standard InChI is InChI=1S/C36H33F2N3O4S/c1-36(2,38)16-17-41(46(4,43)44)31-21-32-28(33(35(42)39-3)34(45-32)22-12-14-26(37)15-13-22)20-27(31)23-9-7-10-24(18-23)30-19-25-8-5-6-11-29(25)40-30/h5-15,18-21,40H,16-17H2,1-4H3,(H,39,42). The predicted molar refractivity (Wildman–Crippen MR) is 180 cm³/mol. The van der Waals surface area contributed by atoms with Gasteiger partial charge in [0.05, 0.1) is 17.5 Å². The number of furan rings is 1. The van der Waals surface area contributed by atoms with E-state index in [2.05, 4.69) is 10.3 Å². The van der Waals surface area contributed by atoms with Gasteiger partial charge in [-0.15, -0.1) is 0 Å². The Morgan fingerprint density at radius 2 is 1.65 bits per heavy atom. The highest BCUT2D eigenvalue weighted by molar-refractivity contribution is 7.92. The molecule has 0 saturated heterocycles. The first kappa shape index (κ1) is 31.0. The van der Waals surface area contributed by atoms with Gasteiger partial charge in [0.25, 0.3) is 5.91 Å². The summed E-state index contributed by atoms with van der Waals surface area (Å²) in [4.78, 5) is 16.7. The molecule has 46 heavy (non-hydrogen) atoms. The molecule has 0 bridgehead atoms. The lowest BCUT2D eigenvalue weighted by molar-refractivity contribution is 0.0964. The topological polar surface area (TPSA) is 95.4 Å². The molecule has 2 aromatic heterocycles. The van der Waals surface area contributed by atoms with Crippen LogP contribution in [-0.2, 0) is 10.0 Å². The van der Waals surface area contributed by atoms with Crippen molar-refractivity contribution >= 4 is 43.5 Å². The van der Waals surface area contributed by atoms with Crippen molar-refractivity contribution in [3.63, 3.8) is 0 Å². The zero-order chi connectivity index (χ0) is 32.8. The normalized spacial score (nSPS) is 12.1. The molecule has 1 amide bonds. The molecule has 0 aliphatic heterocycles. The number of anilines is 1. The summed E-state index contributed by atoms with van der Waals surface area (Å²) < 4.78 is 62.6. The van der Waals surface area contributed by atoms with Gasteiger partial charge in [-0.25, -0.2) is 17.2 Å². The summed E-state index contributed by atoms with van der Waals surface area (Å²) in [7, 11) is -2.40. The van der Waals surface area contributed by atoms with Gasteiger partial charge >= 0.3 is 0 Å². The van der Waals surface area contributed by atoms with E-state index in [4.69, 9.17) is 4.42 Å². The maximum Gasteiger partial charge on any atom is 0.255 e. The number of nitrogens with zero attached hydrogens (tertiary/aromatic N) is 1. The number of nitrogens with one attached hydrogen (secondary N) is 2. The van der Waals surface area contributed by atoms with Gasteiger partial charge < -0.3 is 14.7 Å². The number of alkyl halides is 1. The number of carbonyl (C=O) groups is 1. The Labute approximate surface area is 265 Å². The van der Waals surface area contributed by atoms with E-state index in [1.54, 1.807) is 12.1 Å². The minimum Gasteiger partial charge on any atom is -0.455 e. The zero-order valence-electron chi connectivity index (χ0n) is 25.8. The first-order valence-corrected chi connectivity index (χ1v) is 16.6. The molecule has 10 heteroatoms. The summed E-state index contributed by atoms with van der Waals surface area (Å²) in [5, 5.41) is 4.14. The number of hydrogen-bond acceptors (Lipinski definition) is 4. The van der Waals surface area contributed by atoms with Crippen molar-refractivity contribution in [1.82, 2.24) is 10.3 Å². The van der Waals surface area contributed by atoms with Crippen LogP contribution in [0.4, 0.5) is 14.5 Å². The van der Waals surface area contributed by atoms with Gasteiger partial charge in [-0.1, -0.05) is 36.4 Å². The molecule has 0 saturated carbocycles. The van der Waals surface area contributed by atoms with Crippen molar-refractivity contribution in [2.45, 2.75) is 25.9 Å². The van der Waals surface area contributed by atoms with Crippen LogP contribution in [0.2, 0.25) is 0 Å². The van der Waals surface area contributed by atoms with Crippen molar-refractivity contribution in [3.05, 3.63) is 102 Å². The Kier molecular flexibility index (Phi) is 7.93. The number of aromatic nitrogens is 1. The third kappa shape index (κ3) is 6.12. The number of para-hydroxylation sites is 1. The van der Waals surface area contributed by atoms with Crippen LogP contribution in [-0.4, -0.2) is 44.8 Å². The van der Waals surface area contributed by atoms with Gasteiger partial charge in [0, 0.05) is 52.8 Å². The second kappa shape index (κ2) is 11.8. The van der Waals surface area contributed by atoms with E-state index in [1.165, 1.54) is 49.5 Å². The minimum absolute atomic E-state index is 0.0604. The molecule has 0 aliphatic rings. The number of benzene rings is 4. The fourth-order valence-electron chi connectivity index (χ4n) is 5.64. The molecule has 4 aromatic carbocycles. The Hall–Kier alpha value is -4.96. The zero-order valence-corrected chi connectivity index (χ0v) is 26.6. The van der Waals surface area contributed by atoms with Crippen LogP contribution in [0.25, 0.3) is 55.6 Å². The summed E-state index contributed by atoms with van der Waals surface area (Å²) in [5.74, 6) is -0.664. The molecule has 2 heterocycles. The van der Waals surface area contributed by atoms with Gasteiger partial charge in [-0.2, -0.15) is 0 Å². The first-order valence-electron chi connectivity index (χ1n) is 14.8. The third-order valence-corrected chi connectivity index (χ3v) is 9.14. The van der Waals surface area contributed by atoms with E-state index in [9.17, 15) is 22.0 Å². The van der Waals surface area contributed by atoms with E-state index < -0.39 is 27.4 Å². The molecule has 7 nitrogen and oxygen atoms in total. The first-order chi connectivity index (χ1) is 21.8. The van der Waals surface area contributed by atoms with E-state index in [1.807, 2.05) is 54.6 Å². The molecule has 0 radical (unpaired) electrons. The summed E-state index contributed by atoms with van der Waals surface area (Å²) in [6.07, 6.45) is 1.02. The fraction of sp³-hybridized carbons (Fsp3) is 0.194. The lowest BCUT2D eigenvalue weighted by Gasteiger charge is -2.27. The molecule has 0 fully saturated rings. The highest BCUT2D eigenvalue weighted by Crippen LogP contribution is 2.42. The Bertz CT molecular complexity index is 2160. The van der Waals surface area contributed by atoms with Crippen LogP contribution in [0.15, 0.2) is 95.4 Å². The van der Waals surface area contributed by atoms with E-state index in [0.29, 0.717) is 22.1 Å². The van der Waals surface area contributed by atoms with Crippen LogP contribution in [0, 0.1) is 5.82 Å². The smallest absolute Gasteiger partial charge is 0.255 e. The highest BCUT2D eigenvalue weighted by Gasteiger charge is 2.29. The lowest BCUT2D eigenvalue weighted by Crippen LogP contribution is -2.34. The van der Waals surface area contributed by atoms with Gasteiger partial charge in [-0.05, 0) is 79.9 Å². The maximum absolute atomic E-state index is 14.7. The Balaban J connectivity index is 1.62. The quantitative estimate of drug-likeness (QED) is 0.166. The number of halogens is 2. The van der Waals surface area contributed by atoms with Crippen LogP contribution in [0.5, 0.6) is 0 Å². The Morgan fingerprint density at radius 1 is 0.935 bits per heavy atom. The molecule has 0 aliphatic carbocycles. The molecule has 6 rings (SSSR count). The van der Waals surface area contributed by atoms with Crippen molar-refractivity contribution in [1.29, 1.82) is 0 Å². The second-order valence-corrected chi connectivity index (χ2v) is 13.8. The van der Waals surface area contributed by atoms with Crippen LogP contribution in [0.1, 0.15) is 30.6 Å². The van der Waals surface area contributed by atoms with Crippen molar-refractivity contribution in [2.24, 2.45) is 0 Å². The minimum atomic E-state index is -3.90. The number of aromatic amines is 1. The SMILES string of the molecule is CNC(=O)c1c(-c2ccc(F)cc2)oc2cc(N(CCC(C)(C)F)S(C)(=O)=O)c(-c3cccc(-c4cc5ccccc5[nH]4)c3)cc12. The average Bonchev–Trinajstić information content (AvgIpc) is 3.61. The summed E-state index contributed by atoms with van der Waals surface area (Å²) in [6, 6.07) is 26.5. The number of fused-ring (bicyclic) bond motifs is 2. The molecular formula is C36H33F2N3O4S. The average molecular weight is 642 g/mol. The maximum atomic E-state index is 14.7. The van der Waals surface area contributed by atoms with Crippen molar-refractivity contribution in [2.75, 3.05) is 24.2 Å². The molecule has 0 atom stereocenters. The van der Waals surface area contributed by atoms with E-state index in [-0.39, 0.29) is 35.6 Å². The summed E-state index contributed by atoms with van der Waals surface area (Å²) in [5.41, 5.74) is 3.47. The van der Waals surface area contributed by atoms with Crippen molar-refractivity contribution in [3.8, 4) is 33.7 Å². The molecular weight excluding hydrogens is 608 g/mol. The summed E-state index contributed by atoms with van der Waals surface area (Å²) in [6.45, 7) is 2.67. The molecule has 0 spiro atoms. The highest BCUT2D eigenvalue weighted by atomic mass is 32.2. The van der Waals surface area contributed by atoms with Crippen molar-refractivity contribution < 1.29 is 26.4 Å². The number of rotatable bonds is 9. The van der Waals surface area contributed by atoms with E-state index >= 15 is 0 Å². The molecule has 6 aromatic rings. The van der Waals surface area contributed by atoms with Crippen LogP contribution >= 0.6 is 0 Å². The number of carbonyl (C=O) groups excluding carboxylic acids is 1. The largest absolute Gasteiger partial charge is 0.455 e. The van der Waals surface area contributed by atoms with Gasteiger partial charge in [0.1, 0.15) is 22.8 Å². The van der Waals surface area contributed by atoms with Crippen LogP contribution in [0.3, 0.4) is 0 Å². The van der Waals surface area contributed by atoms with Gasteiger partial charge in [-0.3, -0.25) is 9.10 Å². The lowest BCUT2D eigenvalue weighted by atomic mass is 9.96. The number of sulfonamides is 1. The van der Waals surface area contributed by atoms with Crippen LogP contribution < -0.4 is 9.62 Å². The predicted octanol–water partition coefficient (Wildman–Crippen LogP) is 8.32. The second-order valence-electron chi connectivity index (χ2n) is 11.9. The Morgan fingerprint density at radius 3 is 2.33 bits per heavy atom. The summed E-state index contributed by atoms with van der Waals surface area (Å²) >= 11 is 0. The van der Waals surface area contributed by atoms with Gasteiger partial charge in [0.15, 0.2) is 0 Å². The third-order valence-electron chi connectivity index (χ3n) is 7.96. The monoisotopic (exact) mass is 641 g/mol. The molecule has 2 N–H and O–H groups in total. The molecule has 236 valence electrons. The number of hydrogen-bond donors (Lipinski definition) is 2. The van der Waals surface area contributed by atoms with E-state index in [0.717, 1.165) is 28.4 Å². The fourth-order valence-corrected chi connectivity index (χ4v) is 6.57. The van der Waals surface area contributed by atoms with Gasteiger partial charge in [0.2, 0.25) is 10.0 Å². The number of H-pyrrole nitrogens is 1.